The molecule has 1 fully saturated rings. The molecule has 1 aliphatic heterocycles. The van der Waals surface area contributed by atoms with Crippen molar-refractivity contribution in [2.24, 2.45) is 5.92 Å². The van der Waals surface area contributed by atoms with Gasteiger partial charge in [0.25, 0.3) is 11.8 Å². The maximum absolute atomic E-state index is 12.3. The molecule has 0 aromatic heterocycles. The molecule has 2 aliphatic rings. The highest BCUT2D eigenvalue weighted by Crippen LogP contribution is 2.31. The third kappa shape index (κ3) is 3.21. The first kappa shape index (κ1) is 16.3. The highest BCUT2D eigenvalue weighted by atomic mass is 35.5. The quantitative estimate of drug-likeness (QED) is 0.845. The maximum Gasteiger partial charge on any atom is 0.262 e. The van der Waals surface area contributed by atoms with Crippen molar-refractivity contribution in [1.29, 1.82) is 0 Å². The first-order chi connectivity index (χ1) is 11.0. The van der Waals surface area contributed by atoms with Gasteiger partial charge in [-0.05, 0) is 30.9 Å². The highest BCUT2D eigenvalue weighted by molar-refractivity contribution is 6.43. The van der Waals surface area contributed by atoms with Gasteiger partial charge in [-0.15, -0.1) is 0 Å². The Bertz CT molecular complexity index is 643. The van der Waals surface area contributed by atoms with Crippen molar-refractivity contribution in [3.8, 4) is 0 Å². The van der Waals surface area contributed by atoms with Crippen molar-refractivity contribution in [2.75, 3.05) is 13.1 Å². The fraction of sp³-hybridized carbons (Fsp3) is 0.438. The van der Waals surface area contributed by atoms with Gasteiger partial charge in [-0.2, -0.15) is 0 Å². The van der Waals surface area contributed by atoms with Crippen LogP contribution in [0.4, 0.5) is 0 Å². The largest absolute Gasteiger partial charge is 0.354 e. The molecule has 0 atom stereocenters. The van der Waals surface area contributed by atoms with Crippen LogP contribution in [-0.2, 0) is 4.79 Å². The molecular weight excluding hydrogens is 339 g/mol. The molecule has 1 aromatic carbocycles. The Balaban J connectivity index is 1.66. The van der Waals surface area contributed by atoms with E-state index in [0.29, 0.717) is 12.5 Å². The van der Waals surface area contributed by atoms with Crippen molar-refractivity contribution in [3.63, 3.8) is 0 Å². The molecule has 5 nitrogen and oxygen atoms in total. The molecule has 3 amide bonds. The molecular formula is C16H16Cl2N2O3. The van der Waals surface area contributed by atoms with Crippen LogP contribution in [0, 0.1) is 5.92 Å². The Hall–Kier alpha value is -1.59. The second kappa shape index (κ2) is 6.49. The van der Waals surface area contributed by atoms with Crippen LogP contribution in [0.5, 0.6) is 0 Å². The van der Waals surface area contributed by atoms with E-state index in [1.54, 1.807) is 0 Å². The van der Waals surface area contributed by atoms with Gasteiger partial charge in [0.2, 0.25) is 5.91 Å². The number of amides is 3. The summed E-state index contributed by atoms with van der Waals surface area (Å²) in [6, 6.07) is 2.74. The Morgan fingerprint density at radius 3 is 2.13 bits per heavy atom. The Labute approximate surface area is 143 Å². The van der Waals surface area contributed by atoms with E-state index in [2.05, 4.69) is 5.32 Å². The number of rotatable bonds is 4. The van der Waals surface area contributed by atoms with Crippen molar-refractivity contribution in [1.82, 2.24) is 10.2 Å². The molecule has 3 rings (SSSR count). The Morgan fingerprint density at radius 2 is 1.61 bits per heavy atom. The van der Waals surface area contributed by atoms with Crippen molar-refractivity contribution >= 4 is 40.9 Å². The summed E-state index contributed by atoms with van der Waals surface area (Å²) in [7, 11) is 0. The van der Waals surface area contributed by atoms with E-state index in [0.717, 1.165) is 17.7 Å². The van der Waals surface area contributed by atoms with E-state index >= 15 is 0 Å². The minimum Gasteiger partial charge on any atom is -0.354 e. The summed E-state index contributed by atoms with van der Waals surface area (Å²) in [6.07, 6.45) is 4.62. The smallest absolute Gasteiger partial charge is 0.262 e. The average Bonchev–Trinajstić information content (AvgIpc) is 3.11. The topological polar surface area (TPSA) is 66.5 Å². The van der Waals surface area contributed by atoms with Crippen LogP contribution in [0.3, 0.4) is 0 Å². The lowest BCUT2D eigenvalue weighted by Gasteiger charge is -2.15. The number of halogens is 2. The van der Waals surface area contributed by atoms with Gasteiger partial charge in [-0.1, -0.05) is 36.0 Å². The number of carbonyl (C=O) groups excluding carboxylic acids is 3. The van der Waals surface area contributed by atoms with E-state index < -0.39 is 11.8 Å². The Morgan fingerprint density at radius 1 is 1.09 bits per heavy atom. The number of hydrogen-bond donors (Lipinski definition) is 1. The number of imide groups is 1. The molecule has 1 N–H and O–H groups in total. The predicted octanol–water partition coefficient (Wildman–Crippen LogP) is 2.90. The van der Waals surface area contributed by atoms with Crippen LogP contribution in [-0.4, -0.2) is 35.7 Å². The van der Waals surface area contributed by atoms with Gasteiger partial charge in [0.15, 0.2) is 0 Å². The number of fused-ring (bicyclic) bond motifs is 1. The molecule has 0 radical (unpaired) electrons. The molecule has 23 heavy (non-hydrogen) atoms. The van der Waals surface area contributed by atoms with Crippen LogP contribution in [0.15, 0.2) is 12.1 Å². The van der Waals surface area contributed by atoms with Crippen LogP contribution >= 0.6 is 23.2 Å². The second-order valence-electron chi connectivity index (χ2n) is 5.96. The van der Waals surface area contributed by atoms with E-state index in [-0.39, 0.29) is 33.6 Å². The summed E-state index contributed by atoms with van der Waals surface area (Å²) >= 11 is 11.8. The van der Waals surface area contributed by atoms with Crippen LogP contribution in [0.1, 0.15) is 46.4 Å². The number of nitrogens with one attached hydrogen (secondary N) is 1. The van der Waals surface area contributed by atoms with Crippen LogP contribution < -0.4 is 5.32 Å². The lowest BCUT2D eigenvalue weighted by atomic mass is 10.1. The average molecular weight is 355 g/mol. The summed E-state index contributed by atoms with van der Waals surface area (Å²) in [4.78, 5) is 37.5. The lowest BCUT2D eigenvalue weighted by Crippen LogP contribution is -2.41. The number of carbonyl (C=O) groups is 3. The summed E-state index contributed by atoms with van der Waals surface area (Å²) in [5.41, 5.74) is 0.376. The zero-order chi connectivity index (χ0) is 16.6. The van der Waals surface area contributed by atoms with Crippen LogP contribution in [0.2, 0.25) is 10.0 Å². The van der Waals surface area contributed by atoms with Gasteiger partial charge in [-0.3, -0.25) is 19.3 Å². The first-order valence-corrected chi connectivity index (χ1v) is 8.35. The molecule has 1 aromatic rings. The highest BCUT2D eigenvalue weighted by Gasteiger charge is 2.37. The maximum atomic E-state index is 12.3. The standard InChI is InChI=1S/C16H16Cl2N2O3/c17-12-5-10-11(6-13(12)18)16(23)20(15(10)22)8-14(21)19-7-9-3-1-2-4-9/h5-6,9H,1-4,7-8H2,(H,19,21). The zero-order valence-corrected chi connectivity index (χ0v) is 13.9. The minimum absolute atomic E-state index is 0.188. The Kier molecular flexibility index (Phi) is 4.60. The molecule has 0 saturated heterocycles. The normalized spacial score (nSPS) is 17.7. The fourth-order valence-electron chi connectivity index (χ4n) is 3.10. The molecule has 1 aliphatic carbocycles. The summed E-state index contributed by atoms with van der Waals surface area (Å²) < 4.78 is 0. The molecule has 122 valence electrons. The van der Waals surface area contributed by atoms with Crippen LogP contribution in [0.25, 0.3) is 0 Å². The van der Waals surface area contributed by atoms with Gasteiger partial charge >= 0.3 is 0 Å². The molecule has 0 spiro atoms. The van der Waals surface area contributed by atoms with Crippen molar-refractivity contribution in [2.45, 2.75) is 25.7 Å². The van der Waals surface area contributed by atoms with E-state index in [1.165, 1.54) is 25.0 Å². The van der Waals surface area contributed by atoms with Crippen molar-refractivity contribution < 1.29 is 14.4 Å². The predicted molar refractivity (Wildman–Crippen MR) is 86.8 cm³/mol. The van der Waals surface area contributed by atoms with Gasteiger partial charge in [0.1, 0.15) is 6.54 Å². The van der Waals surface area contributed by atoms with E-state index in [4.69, 9.17) is 23.2 Å². The number of nitrogens with zero attached hydrogens (tertiary/aromatic N) is 1. The number of hydrogen-bond acceptors (Lipinski definition) is 3. The third-order valence-electron chi connectivity index (χ3n) is 4.38. The zero-order valence-electron chi connectivity index (χ0n) is 12.4. The van der Waals surface area contributed by atoms with E-state index in [9.17, 15) is 14.4 Å². The minimum atomic E-state index is -0.514. The molecule has 7 heteroatoms. The monoisotopic (exact) mass is 354 g/mol. The lowest BCUT2D eigenvalue weighted by molar-refractivity contribution is -0.121. The van der Waals surface area contributed by atoms with Gasteiger partial charge < -0.3 is 5.32 Å². The summed E-state index contributed by atoms with van der Waals surface area (Å²) in [6.45, 7) is 0.313. The fourth-order valence-corrected chi connectivity index (χ4v) is 3.43. The van der Waals surface area contributed by atoms with Crippen molar-refractivity contribution in [3.05, 3.63) is 33.3 Å². The molecule has 1 heterocycles. The number of benzene rings is 1. The molecule has 1 saturated carbocycles. The molecule has 0 unspecified atom stereocenters. The van der Waals surface area contributed by atoms with E-state index in [1.807, 2.05) is 0 Å². The van der Waals surface area contributed by atoms with Gasteiger partial charge in [0, 0.05) is 6.54 Å². The van der Waals surface area contributed by atoms with Gasteiger partial charge in [-0.25, -0.2) is 0 Å². The summed E-state index contributed by atoms with van der Waals surface area (Å²) in [5, 5.41) is 3.22. The first-order valence-electron chi connectivity index (χ1n) is 7.59. The third-order valence-corrected chi connectivity index (χ3v) is 5.10. The summed E-state index contributed by atoms with van der Waals surface area (Å²) in [5.74, 6) is -0.860. The SMILES string of the molecule is O=C(CN1C(=O)c2cc(Cl)c(Cl)cc2C1=O)NCC1CCCC1. The van der Waals surface area contributed by atoms with Gasteiger partial charge in [0.05, 0.1) is 21.2 Å². The molecule has 0 bridgehead atoms. The second-order valence-corrected chi connectivity index (χ2v) is 6.78.